The highest BCUT2D eigenvalue weighted by Crippen LogP contribution is 2.30. The molecule has 3 N–H and O–H groups in total. The highest BCUT2D eigenvalue weighted by molar-refractivity contribution is 7.80. The maximum atomic E-state index is 12.1. The Bertz CT molecular complexity index is 525. The van der Waals surface area contributed by atoms with Crippen LogP contribution in [0, 0.1) is 6.92 Å². The van der Waals surface area contributed by atoms with Gasteiger partial charge in [0.1, 0.15) is 5.75 Å². The van der Waals surface area contributed by atoms with Crippen LogP contribution in [0.3, 0.4) is 0 Å². The average Bonchev–Trinajstić information content (AvgIpc) is 2.88. The molecule has 1 fully saturated rings. The molecule has 1 saturated carbocycles. The molecular formula is C16H22N2O2S. The number of rotatable bonds is 6. The lowest BCUT2D eigenvalue weighted by Gasteiger charge is -2.29. The van der Waals surface area contributed by atoms with Crippen molar-refractivity contribution >= 4 is 23.1 Å². The van der Waals surface area contributed by atoms with Crippen LogP contribution in [0.15, 0.2) is 24.3 Å². The molecule has 0 spiro atoms. The van der Waals surface area contributed by atoms with E-state index in [0.29, 0.717) is 18.0 Å². The summed E-state index contributed by atoms with van der Waals surface area (Å²) in [7, 11) is 0. The van der Waals surface area contributed by atoms with E-state index in [2.05, 4.69) is 5.32 Å². The Balaban J connectivity index is 1.81. The van der Waals surface area contributed by atoms with Crippen LogP contribution >= 0.6 is 12.2 Å². The Morgan fingerprint density at radius 1 is 1.43 bits per heavy atom. The first kappa shape index (κ1) is 15.8. The van der Waals surface area contributed by atoms with Crippen LogP contribution in [0.5, 0.6) is 5.75 Å². The third kappa shape index (κ3) is 4.17. The minimum Gasteiger partial charge on any atom is -0.493 e. The van der Waals surface area contributed by atoms with Crippen molar-refractivity contribution in [2.45, 2.75) is 44.6 Å². The number of nitrogens with two attached hydrogens (primary N) is 1. The van der Waals surface area contributed by atoms with Crippen molar-refractivity contribution in [3.8, 4) is 5.75 Å². The van der Waals surface area contributed by atoms with Gasteiger partial charge >= 0.3 is 0 Å². The van der Waals surface area contributed by atoms with Gasteiger partial charge < -0.3 is 15.8 Å². The van der Waals surface area contributed by atoms with Crippen molar-refractivity contribution in [1.29, 1.82) is 0 Å². The van der Waals surface area contributed by atoms with E-state index in [9.17, 15) is 4.79 Å². The van der Waals surface area contributed by atoms with Crippen molar-refractivity contribution in [2.24, 2.45) is 5.73 Å². The van der Waals surface area contributed by atoms with Crippen LogP contribution < -0.4 is 15.8 Å². The van der Waals surface area contributed by atoms with E-state index in [1.807, 2.05) is 31.2 Å². The molecular weight excluding hydrogens is 284 g/mol. The Hall–Kier alpha value is -1.62. The van der Waals surface area contributed by atoms with Crippen LogP contribution in [0.25, 0.3) is 0 Å². The third-order valence-corrected chi connectivity index (χ3v) is 4.29. The summed E-state index contributed by atoms with van der Waals surface area (Å²) in [6.45, 7) is 2.36. The molecule has 1 aromatic carbocycles. The number of nitrogens with one attached hydrogen (secondary N) is 1. The quantitative estimate of drug-likeness (QED) is 0.793. The third-order valence-electron chi connectivity index (χ3n) is 3.89. The number of hydrogen-bond acceptors (Lipinski definition) is 3. The van der Waals surface area contributed by atoms with Gasteiger partial charge in [0.2, 0.25) is 5.91 Å². The number of amides is 1. The number of carbonyl (C=O) groups excluding carboxylic acids is 1. The number of thiocarbonyl (C=S) groups is 1. The SMILES string of the molecule is Cc1cccc(OCCC(=O)NC2(C(N)=S)CCCC2)c1. The zero-order valence-electron chi connectivity index (χ0n) is 12.4. The molecule has 21 heavy (non-hydrogen) atoms. The van der Waals surface area contributed by atoms with Gasteiger partial charge in [0.05, 0.1) is 23.6 Å². The van der Waals surface area contributed by atoms with Crippen molar-refractivity contribution in [3.05, 3.63) is 29.8 Å². The highest BCUT2D eigenvalue weighted by Gasteiger charge is 2.37. The Morgan fingerprint density at radius 3 is 2.76 bits per heavy atom. The zero-order valence-corrected chi connectivity index (χ0v) is 13.2. The molecule has 1 aliphatic rings. The fourth-order valence-electron chi connectivity index (χ4n) is 2.71. The second kappa shape index (κ2) is 6.89. The summed E-state index contributed by atoms with van der Waals surface area (Å²) >= 11 is 5.12. The number of ether oxygens (including phenoxy) is 1. The minimum absolute atomic E-state index is 0.0580. The van der Waals surface area contributed by atoms with Crippen LogP contribution in [-0.2, 0) is 4.79 Å². The summed E-state index contributed by atoms with van der Waals surface area (Å²) in [6, 6.07) is 7.78. The molecule has 0 aliphatic heterocycles. The van der Waals surface area contributed by atoms with Gasteiger partial charge in [-0.1, -0.05) is 37.2 Å². The highest BCUT2D eigenvalue weighted by atomic mass is 32.1. The van der Waals surface area contributed by atoms with Crippen molar-refractivity contribution in [2.75, 3.05) is 6.61 Å². The predicted molar refractivity (Wildman–Crippen MR) is 87.4 cm³/mol. The molecule has 1 amide bonds. The molecule has 0 aromatic heterocycles. The van der Waals surface area contributed by atoms with E-state index in [1.165, 1.54) is 0 Å². The number of benzene rings is 1. The molecule has 0 saturated heterocycles. The molecule has 0 unspecified atom stereocenters. The summed E-state index contributed by atoms with van der Waals surface area (Å²) in [4.78, 5) is 12.5. The first-order valence-electron chi connectivity index (χ1n) is 7.32. The van der Waals surface area contributed by atoms with E-state index >= 15 is 0 Å². The molecule has 1 aromatic rings. The van der Waals surface area contributed by atoms with Gasteiger partial charge in [-0.3, -0.25) is 4.79 Å². The Labute approximate surface area is 131 Å². The van der Waals surface area contributed by atoms with E-state index in [1.54, 1.807) is 0 Å². The molecule has 0 radical (unpaired) electrons. The lowest BCUT2D eigenvalue weighted by molar-refractivity contribution is -0.122. The van der Waals surface area contributed by atoms with Crippen LogP contribution in [0.2, 0.25) is 0 Å². The predicted octanol–water partition coefficient (Wildman–Crippen LogP) is 2.48. The largest absolute Gasteiger partial charge is 0.493 e. The molecule has 1 aliphatic carbocycles. The van der Waals surface area contributed by atoms with Crippen molar-refractivity contribution in [1.82, 2.24) is 5.32 Å². The maximum absolute atomic E-state index is 12.1. The van der Waals surface area contributed by atoms with Crippen molar-refractivity contribution < 1.29 is 9.53 Å². The van der Waals surface area contributed by atoms with Crippen LogP contribution in [0.4, 0.5) is 0 Å². The van der Waals surface area contributed by atoms with Gasteiger partial charge in [0, 0.05) is 0 Å². The minimum atomic E-state index is -0.476. The first-order chi connectivity index (χ1) is 10.0. The fourth-order valence-corrected chi connectivity index (χ4v) is 2.96. The van der Waals surface area contributed by atoms with E-state index < -0.39 is 5.54 Å². The summed E-state index contributed by atoms with van der Waals surface area (Å²) in [6.07, 6.45) is 4.09. The monoisotopic (exact) mass is 306 g/mol. The van der Waals surface area contributed by atoms with Crippen molar-refractivity contribution in [3.63, 3.8) is 0 Å². The van der Waals surface area contributed by atoms with Gasteiger partial charge in [-0.25, -0.2) is 0 Å². The van der Waals surface area contributed by atoms with Gasteiger partial charge in [0.25, 0.3) is 0 Å². The summed E-state index contributed by atoms with van der Waals surface area (Å²) < 4.78 is 5.59. The Morgan fingerprint density at radius 2 is 2.14 bits per heavy atom. The fraction of sp³-hybridized carbons (Fsp3) is 0.500. The summed E-state index contributed by atoms with van der Waals surface area (Å²) in [5.41, 5.74) is 6.46. The molecule has 0 atom stereocenters. The molecule has 0 bridgehead atoms. The van der Waals surface area contributed by atoms with E-state index in [4.69, 9.17) is 22.7 Å². The summed E-state index contributed by atoms with van der Waals surface area (Å²) in [5.74, 6) is 0.727. The van der Waals surface area contributed by atoms with Gasteiger partial charge in [0.15, 0.2) is 0 Å². The molecule has 5 heteroatoms. The number of hydrogen-bond donors (Lipinski definition) is 2. The molecule has 0 heterocycles. The average molecular weight is 306 g/mol. The van der Waals surface area contributed by atoms with Gasteiger partial charge in [-0.05, 0) is 37.5 Å². The van der Waals surface area contributed by atoms with Crippen LogP contribution in [0.1, 0.15) is 37.7 Å². The maximum Gasteiger partial charge on any atom is 0.224 e. The van der Waals surface area contributed by atoms with E-state index in [0.717, 1.165) is 37.0 Å². The van der Waals surface area contributed by atoms with E-state index in [-0.39, 0.29) is 5.91 Å². The first-order valence-corrected chi connectivity index (χ1v) is 7.73. The van der Waals surface area contributed by atoms with Gasteiger partial charge in [-0.2, -0.15) is 0 Å². The second-order valence-corrected chi connectivity index (χ2v) is 6.06. The lowest BCUT2D eigenvalue weighted by atomic mass is 9.97. The van der Waals surface area contributed by atoms with Gasteiger partial charge in [-0.15, -0.1) is 0 Å². The molecule has 4 nitrogen and oxygen atoms in total. The zero-order chi connectivity index (χ0) is 15.3. The second-order valence-electron chi connectivity index (χ2n) is 5.62. The van der Waals surface area contributed by atoms with Crippen LogP contribution in [-0.4, -0.2) is 23.0 Å². The summed E-state index contributed by atoms with van der Waals surface area (Å²) in [5, 5.41) is 3.00. The smallest absolute Gasteiger partial charge is 0.224 e. The topological polar surface area (TPSA) is 64.3 Å². The number of carbonyl (C=O) groups is 1. The number of aryl methyl sites for hydroxylation is 1. The molecule has 114 valence electrons. The normalized spacial score (nSPS) is 16.4. The lowest BCUT2D eigenvalue weighted by Crippen LogP contribution is -2.55. The standard InChI is InChI=1S/C16H22N2O2S/c1-12-5-4-6-13(11-12)20-10-7-14(19)18-16(15(17)21)8-2-3-9-16/h4-6,11H,2-3,7-10H2,1H3,(H2,17,21)(H,18,19). The molecule has 2 rings (SSSR count). The Kier molecular flexibility index (Phi) is 5.17.